The van der Waals surface area contributed by atoms with Crippen LogP contribution in [0.5, 0.6) is 0 Å². The Bertz CT molecular complexity index is 582. The SMILES string of the molecule is COC(=O)C(Nc1ccccc1F)c1sccc1C. The van der Waals surface area contributed by atoms with Crippen LogP contribution in [0.25, 0.3) is 0 Å². The number of esters is 1. The Morgan fingerprint density at radius 1 is 1.37 bits per heavy atom. The number of nitrogens with one attached hydrogen (secondary N) is 1. The first-order chi connectivity index (χ1) is 9.13. The lowest BCUT2D eigenvalue weighted by Gasteiger charge is -2.17. The molecule has 1 unspecified atom stereocenters. The number of halogens is 1. The lowest BCUT2D eigenvalue weighted by atomic mass is 10.1. The van der Waals surface area contributed by atoms with Gasteiger partial charge >= 0.3 is 5.97 Å². The van der Waals surface area contributed by atoms with Gasteiger partial charge in [0.05, 0.1) is 12.8 Å². The first-order valence-corrected chi connectivity index (χ1v) is 6.64. The molecular formula is C14H14FNO2S. The Morgan fingerprint density at radius 3 is 2.68 bits per heavy atom. The number of carbonyl (C=O) groups is 1. The minimum atomic E-state index is -0.693. The first kappa shape index (κ1) is 13.5. The van der Waals surface area contributed by atoms with Gasteiger partial charge in [-0.05, 0) is 36.1 Å². The summed E-state index contributed by atoms with van der Waals surface area (Å²) in [6.45, 7) is 1.91. The van der Waals surface area contributed by atoms with Gasteiger partial charge in [0.25, 0.3) is 0 Å². The molecule has 0 aliphatic rings. The van der Waals surface area contributed by atoms with Crippen molar-refractivity contribution in [2.45, 2.75) is 13.0 Å². The Labute approximate surface area is 115 Å². The molecule has 19 heavy (non-hydrogen) atoms. The van der Waals surface area contributed by atoms with Crippen LogP contribution in [-0.2, 0) is 9.53 Å². The van der Waals surface area contributed by atoms with Crippen LogP contribution in [0.2, 0.25) is 0 Å². The number of para-hydroxylation sites is 1. The van der Waals surface area contributed by atoms with Crippen molar-refractivity contribution < 1.29 is 13.9 Å². The molecule has 1 aromatic heterocycles. The van der Waals surface area contributed by atoms with E-state index in [1.807, 2.05) is 18.4 Å². The van der Waals surface area contributed by atoms with Crippen LogP contribution in [0.1, 0.15) is 16.5 Å². The summed E-state index contributed by atoms with van der Waals surface area (Å²) in [5.74, 6) is -0.834. The number of anilines is 1. The summed E-state index contributed by atoms with van der Waals surface area (Å²) in [6.07, 6.45) is 0. The second-order valence-electron chi connectivity index (χ2n) is 4.05. The molecule has 1 heterocycles. The molecule has 0 spiro atoms. The van der Waals surface area contributed by atoms with E-state index >= 15 is 0 Å². The van der Waals surface area contributed by atoms with Crippen molar-refractivity contribution in [3.8, 4) is 0 Å². The van der Waals surface area contributed by atoms with Gasteiger partial charge in [0, 0.05) is 4.88 Å². The molecule has 2 aromatic rings. The molecule has 5 heteroatoms. The molecule has 1 N–H and O–H groups in total. The minimum Gasteiger partial charge on any atom is -0.467 e. The lowest BCUT2D eigenvalue weighted by Crippen LogP contribution is -2.22. The van der Waals surface area contributed by atoms with Gasteiger partial charge in [0.2, 0.25) is 0 Å². The maximum Gasteiger partial charge on any atom is 0.333 e. The van der Waals surface area contributed by atoms with Crippen molar-refractivity contribution in [1.29, 1.82) is 0 Å². The fourth-order valence-electron chi connectivity index (χ4n) is 1.76. The Morgan fingerprint density at radius 2 is 2.11 bits per heavy atom. The Hall–Kier alpha value is -1.88. The number of thiophene rings is 1. The van der Waals surface area contributed by atoms with Crippen LogP contribution < -0.4 is 5.32 Å². The fraction of sp³-hybridized carbons (Fsp3) is 0.214. The van der Waals surface area contributed by atoms with Crippen LogP contribution in [0.15, 0.2) is 35.7 Å². The van der Waals surface area contributed by atoms with E-state index in [9.17, 15) is 9.18 Å². The molecule has 0 fully saturated rings. The van der Waals surface area contributed by atoms with Gasteiger partial charge in [-0.3, -0.25) is 0 Å². The van der Waals surface area contributed by atoms with Gasteiger partial charge in [0.1, 0.15) is 5.82 Å². The van der Waals surface area contributed by atoms with Crippen molar-refractivity contribution in [3.05, 3.63) is 52.0 Å². The fourth-order valence-corrected chi connectivity index (χ4v) is 2.73. The number of rotatable bonds is 4. The van der Waals surface area contributed by atoms with Crippen LogP contribution in [0.4, 0.5) is 10.1 Å². The molecule has 0 aliphatic heterocycles. The van der Waals surface area contributed by atoms with Gasteiger partial charge in [-0.2, -0.15) is 0 Å². The van der Waals surface area contributed by atoms with Crippen molar-refractivity contribution in [2.75, 3.05) is 12.4 Å². The van der Waals surface area contributed by atoms with E-state index in [0.29, 0.717) is 0 Å². The predicted molar refractivity (Wildman–Crippen MR) is 73.8 cm³/mol. The van der Waals surface area contributed by atoms with Crippen LogP contribution in [0.3, 0.4) is 0 Å². The standard InChI is InChI=1S/C14H14FNO2S/c1-9-7-8-19-13(9)12(14(17)18-2)16-11-6-4-3-5-10(11)15/h3-8,12,16H,1-2H3. The average molecular weight is 279 g/mol. The second kappa shape index (κ2) is 5.84. The largest absolute Gasteiger partial charge is 0.467 e. The van der Waals surface area contributed by atoms with Gasteiger partial charge in [-0.15, -0.1) is 11.3 Å². The van der Waals surface area contributed by atoms with Gasteiger partial charge in [-0.1, -0.05) is 12.1 Å². The topological polar surface area (TPSA) is 38.3 Å². The molecule has 3 nitrogen and oxygen atoms in total. The predicted octanol–water partition coefficient (Wildman–Crippen LogP) is 3.52. The van der Waals surface area contributed by atoms with Crippen LogP contribution in [-0.4, -0.2) is 13.1 Å². The average Bonchev–Trinajstić information content (AvgIpc) is 2.83. The molecule has 100 valence electrons. The first-order valence-electron chi connectivity index (χ1n) is 5.76. The number of ether oxygens (including phenoxy) is 1. The highest BCUT2D eigenvalue weighted by Gasteiger charge is 2.25. The molecule has 0 saturated carbocycles. The third-order valence-corrected chi connectivity index (χ3v) is 3.86. The molecule has 1 aromatic carbocycles. The summed E-state index contributed by atoms with van der Waals surface area (Å²) < 4.78 is 18.4. The van der Waals surface area contributed by atoms with E-state index in [1.165, 1.54) is 24.5 Å². The van der Waals surface area contributed by atoms with Crippen molar-refractivity contribution in [2.24, 2.45) is 0 Å². The molecule has 1 atom stereocenters. The van der Waals surface area contributed by atoms with Crippen molar-refractivity contribution in [3.63, 3.8) is 0 Å². The summed E-state index contributed by atoms with van der Waals surface area (Å²) in [6, 6.07) is 7.47. The number of methoxy groups -OCH3 is 1. The van der Waals surface area contributed by atoms with Gasteiger partial charge < -0.3 is 10.1 Å². The van der Waals surface area contributed by atoms with E-state index in [-0.39, 0.29) is 5.69 Å². The summed E-state index contributed by atoms with van der Waals surface area (Å²) >= 11 is 1.44. The van der Waals surface area contributed by atoms with E-state index in [4.69, 9.17) is 4.74 Å². The number of benzene rings is 1. The molecule has 2 rings (SSSR count). The van der Waals surface area contributed by atoms with Crippen molar-refractivity contribution in [1.82, 2.24) is 0 Å². The third-order valence-electron chi connectivity index (χ3n) is 2.77. The summed E-state index contributed by atoms with van der Waals surface area (Å²) in [7, 11) is 1.32. The van der Waals surface area contributed by atoms with E-state index in [2.05, 4.69) is 5.32 Å². The van der Waals surface area contributed by atoms with E-state index in [1.54, 1.807) is 18.2 Å². The number of hydrogen-bond donors (Lipinski definition) is 1. The molecule has 0 saturated heterocycles. The summed E-state index contributed by atoms with van der Waals surface area (Å²) in [5, 5.41) is 4.79. The maximum atomic E-state index is 13.6. The number of aryl methyl sites for hydroxylation is 1. The second-order valence-corrected chi connectivity index (χ2v) is 5.00. The Balaban J connectivity index is 2.33. The zero-order chi connectivity index (χ0) is 13.8. The molecule has 0 bridgehead atoms. The zero-order valence-corrected chi connectivity index (χ0v) is 11.5. The zero-order valence-electron chi connectivity index (χ0n) is 10.6. The quantitative estimate of drug-likeness (QED) is 0.870. The van der Waals surface area contributed by atoms with Gasteiger partial charge in [-0.25, -0.2) is 9.18 Å². The maximum absolute atomic E-state index is 13.6. The van der Waals surface area contributed by atoms with Crippen molar-refractivity contribution >= 4 is 23.0 Å². The van der Waals surface area contributed by atoms with E-state index < -0.39 is 17.8 Å². The summed E-state index contributed by atoms with van der Waals surface area (Å²) in [5.41, 5.74) is 1.26. The summed E-state index contributed by atoms with van der Waals surface area (Å²) in [4.78, 5) is 12.7. The highest BCUT2D eigenvalue weighted by molar-refractivity contribution is 7.10. The highest BCUT2D eigenvalue weighted by atomic mass is 32.1. The smallest absolute Gasteiger partial charge is 0.333 e. The number of carbonyl (C=O) groups excluding carboxylic acids is 1. The van der Waals surface area contributed by atoms with Crippen LogP contribution >= 0.6 is 11.3 Å². The van der Waals surface area contributed by atoms with Gasteiger partial charge in [0.15, 0.2) is 6.04 Å². The Kier molecular flexibility index (Phi) is 4.16. The normalized spacial score (nSPS) is 11.9. The minimum absolute atomic E-state index is 0.283. The number of hydrogen-bond acceptors (Lipinski definition) is 4. The molecule has 0 aliphatic carbocycles. The monoisotopic (exact) mass is 279 g/mol. The van der Waals surface area contributed by atoms with E-state index in [0.717, 1.165) is 10.4 Å². The third kappa shape index (κ3) is 2.93. The lowest BCUT2D eigenvalue weighted by molar-refractivity contribution is -0.141. The van der Waals surface area contributed by atoms with Crippen LogP contribution in [0, 0.1) is 12.7 Å². The molecule has 0 amide bonds. The molecule has 0 radical (unpaired) electrons. The highest BCUT2D eigenvalue weighted by Crippen LogP contribution is 2.29. The molecular weight excluding hydrogens is 265 g/mol.